The minimum atomic E-state index is -3.75. The Morgan fingerprint density at radius 1 is 1.50 bits per heavy atom. The fraction of sp³-hybridized carbons (Fsp3) is 0.545. The van der Waals surface area contributed by atoms with E-state index in [0.29, 0.717) is 12.1 Å². The summed E-state index contributed by atoms with van der Waals surface area (Å²) in [4.78, 5) is 13.9. The zero-order chi connectivity index (χ0) is 13.9. The van der Waals surface area contributed by atoms with Gasteiger partial charge in [-0.25, -0.2) is 8.42 Å². The SMILES string of the molecule is CCC(C)N(CC)C(=O)c1csc(S(=O)(=O)Cl)c1. The number of amides is 1. The Labute approximate surface area is 116 Å². The van der Waals surface area contributed by atoms with E-state index in [0.717, 1.165) is 17.8 Å². The number of hydrogen-bond donors (Lipinski definition) is 0. The van der Waals surface area contributed by atoms with Gasteiger partial charge in [-0.05, 0) is 26.3 Å². The zero-order valence-electron chi connectivity index (χ0n) is 10.5. The number of halogens is 1. The molecule has 0 spiro atoms. The number of thiophene rings is 1. The smallest absolute Gasteiger partial charge is 0.270 e. The van der Waals surface area contributed by atoms with Crippen molar-refractivity contribution in [1.29, 1.82) is 0 Å². The van der Waals surface area contributed by atoms with Gasteiger partial charge in [-0.2, -0.15) is 0 Å². The van der Waals surface area contributed by atoms with Gasteiger partial charge in [0.1, 0.15) is 4.21 Å². The largest absolute Gasteiger partial charge is 0.336 e. The quantitative estimate of drug-likeness (QED) is 0.786. The Morgan fingerprint density at radius 3 is 2.50 bits per heavy atom. The fourth-order valence-corrected chi connectivity index (χ4v) is 3.54. The molecule has 0 aliphatic rings. The monoisotopic (exact) mass is 309 g/mol. The van der Waals surface area contributed by atoms with Crippen LogP contribution in [0, 0.1) is 0 Å². The molecule has 0 aliphatic carbocycles. The molecule has 0 radical (unpaired) electrons. The molecule has 0 aliphatic heterocycles. The second kappa shape index (κ2) is 6.04. The summed E-state index contributed by atoms with van der Waals surface area (Å²) in [5, 5.41) is 1.53. The van der Waals surface area contributed by atoms with Gasteiger partial charge < -0.3 is 4.90 Å². The molecule has 0 saturated carbocycles. The molecular weight excluding hydrogens is 294 g/mol. The average Bonchev–Trinajstić information content (AvgIpc) is 2.78. The van der Waals surface area contributed by atoms with Gasteiger partial charge in [-0.1, -0.05) is 6.92 Å². The minimum absolute atomic E-state index is 0.00715. The lowest BCUT2D eigenvalue weighted by atomic mass is 10.2. The predicted octanol–water partition coefficient (Wildman–Crippen LogP) is 2.94. The summed E-state index contributed by atoms with van der Waals surface area (Å²) in [5.41, 5.74) is 0.376. The first-order valence-electron chi connectivity index (χ1n) is 5.65. The third-order valence-electron chi connectivity index (χ3n) is 2.79. The predicted molar refractivity (Wildman–Crippen MR) is 73.8 cm³/mol. The summed E-state index contributed by atoms with van der Waals surface area (Å²) >= 11 is 0.965. The van der Waals surface area contributed by atoms with E-state index in [2.05, 4.69) is 0 Å². The zero-order valence-corrected chi connectivity index (χ0v) is 12.9. The third-order valence-corrected chi connectivity index (χ3v) is 5.83. The molecule has 1 unspecified atom stereocenters. The normalized spacial score (nSPS) is 13.3. The van der Waals surface area contributed by atoms with E-state index in [4.69, 9.17) is 10.7 Å². The van der Waals surface area contributed by atoms with Crippen LogP contribution in [0.1, 0.15) is 37.6 Å². The van der Waals surface area contributed by atoms with Crippen LogP contribution < -0.4 is 0 Å². The van der Waals surface area contributed by atoms with Crippen LogP contribution >= 0.6 is 22.0 Å². The van der Waals surface area contributed by atoms with Crippen molar-refractivity contribution in [3.63, 3.8) is 0 Å². The summed E-state index contributed by atoms with van der Waals surface area (Å²) in [6.07, 6.45) is 0.852. The molecule has 0 N–H and O–H groups in total. The van der Waals surface area contributed by atoms with E-state index in [1.807, 2.05) is 20.8 Å². The molecule has 7 heteroatoms. The summed E-state index contributed by atoms with van der Waals surface area (Å²) in [6.45, 7) is 6.46. The van der Waals surface area contributed by atoms with Gasteiger partial charge in [-0.15, -0.1) is 11.3 Å². The van der Waals surface area contributed by atoms with Crippen molar-refractivity contribution in [1.82, 2.24) is 4.90 Å². The van der Waals surface area contributed by atoms with E-state index >= 15 is 0 Å². The van der Waals surface area contributed by atoms with Gasteiger partial charge in [0.15, 0.2) is 0 Å². The van der Waals surface area contributed by atoms with Crippen LogP contribution in [0.25, 0.3) is 0 Å². The van der Waals surface area contributed by atoms with Crippen molar-refractivity contribution in [2.45, 2.75) is 37.4 Å². The lowest BCUT2D eigenvalue weighted by Crippen LogP contribution is -2.37. The first kappa shape index (κ1) is 15.5. The van der Waals surface area contributed by atoms with Gasteiger partial charge in [0.2, 0.25) is 0 Å². The van der Waals surface area contributed by atoms with Crippen LogP contribution in [0.2, 0.25) is 0 Å². The van der Waals surface area contributed by atoms with Crippen molar-refractivity contribution in [2.75, 3.05) is 6.54 Å². The highest BCUT2D eigenvalue weighted by atomic mass is 35.7. The van der Waals surface area contributed by atoms with Crippen LogP contribution in [0.15, 0.2) is 15.7 Å². The first-order chi connectivity index (χ1) is 8.31. The summed E-state index contributed by atoms with van der Waals surface area (Å²) in [5.74, 6) is -0.158. The standard InChI is InChI=1S/C11H16ClNO3S2/c1-4-8(3)13(5-2)11(14)9-6-10(17-7-9)18(12,15)16/h6-8H,4-5H2,1-3H3. The lowest BCUT2D eigenvalue weighted by molar-refractivity contribution is 0.0700. The number of carbonyl (C=O) groups excluding carboxylic acids is 1. The van der Waals surface area contributed by atoms with Crippen LogP contribution in [0.4, 0.5) is 0 Å². The Hall–Kier alpha value is -0.590. The van der Waals surface area contributed by atoms with Crippen molar-refractivity contribution in [3.05, 3.63) is 17.0 Å². The second-order valence-corrected chi connectivity index (χ2v) is 7.64. The molecular formula is C11H16ClNO3S2. The summed E-state index contributed by atoms with van der Waals surface area (Å²) in [7, 11) is 1.48. The van der Waals surface area contributed by atoms with E-state index in [1.54, 1.807) is 4.90 Å². The lowest BCUT2D eigenvalue weighted by Gasteiger charge is -2.26. The maximum atomic E-state index is 12.2. The number of carbonyl (C=O) groups is 1. The fourth-order valence-electron chi connectivity index (χ4n) is 1.60. The van der Waals surface area contributed by atoms with E-state index in [1.165, 1.54) is 11.4 Å². The van der Waals surface area contributed by atoms with Gasteiger partial charge in [0.25, 0.3) is 15.0 Å². The van der Waals surface area contributed by atoms with Crippen LogP contribution in [-0.4, -0.2) is 31.8 Å². The van der Waals surface area contributed by atoms with Crippen molar-refractivity contribution < 1.29 is 13.2 Å². The van der Waals surface area contributed by atoms with Crippen LogP contribution in [0.5, 0.6) is 0 Å². The molecule has 102 valence electrons. The molecule has 1 amide bonds. The van der Waals surface area contributed by atoms with Gasteiger partial charge in [0.05, 0.1) is 5.56 Å². The molecule has 1 rings (SSSR count). The molecule has 1 aromatic heterocycles. The molecule has 1 aromatic rings. The molecule has 1 atom stereocenters. The maximum absolute atomic E-state index is 12.2. The van der Waals surface area contributed by atoms with Gasteiger partial charge >= 0.3 is 0 Å². The highest BCUT2D eigenvalue weighted by Crippen LogP contribution is 2.25. The van der Waals surface area contributed by atoms with Crippen LogP contribution in [0.3, 0.4) is 0 Å². The van der Waals surface area contributed by atoms with Crippen molar-refractivity contribution in [2.24, 2.45) is 0 Å². The Bertz CT molecular complexity index is 524. The average molecular weight is 310 g/mol. The molecule has 0 saturated heterocycles. The van der Waals surface area contributed by atoms with E-state index < -0.39 is 9.05 Å². The number of nitrogens with zero attached hydrogens (tertiary/aromatic N) is 1. The summed E-state index contributed by atoms with van der Waals surface area (Å²) in [6, 6.07) is 1.46. The van der Waals surface area contributed by atoms with Crippen molar-refractivity contribution >= 4 is 37.0 Å². The number of hydrogen-bond acceptors (Lipinski definition) is 4. The third kappa shape index (κ3) is 3.46. The van der Waals surface area contributed by atoms with E-state index in [9.17, 15) is 13.2 Å². The minimum Gasteiger partial charge on any atom is -0.336 e. The molecule has 18 heavy (non-hydrogen) atoms. The number of rotatable bonds is 5. The molecule has 4 nitrogen and oxygen atoms in total. The van der Waals surface area contributed by atoms with Crippen LogP contribution in [-0.2, 0) is 9.05 Å². The maximum Gasteiger partial charge on any atom is 0.270 e. The molecule has 0 fully saturated rings. The summed E-state index contributed by atoms with van der Waals surface area (Å²) < 4.78 is 22.3. The highest BCUT2D eigenvalue weighted by molar-refractivity contribution is 8.15. The first-order valence-corrected chi connectivity index (χ1v) is 8.84. The van der Waals surface area contributed by atoms with E-state index in [-0.39, 0.29) is 16.2 Å². The highest BCUT2D eigenvalue weighted by Gasteiger charge is 2.22. The van der Waals surface area contributed by atoms with Gasteiger partial charge in [0, 0.05) is 28.6 Å². The Kier molecular flexibility index (Phi) is 5.19. The topological polar surface area (TPSA) is 54.5 Å². The molecule has 0 bridgehead atoms. The molecule has 1 heterocycles. The van der Waals surface area contributed by atoms with Gasteiger partial charge in [-0.3, -0.25) is 4.79 Å². The van der Waals surface area contributed by atoms with Crippen molar-refractivity contribution in [3.8, 4) is 0 Å². The molecule has 0 aromatic carbocycles. The Morgan fingerprint density at radius 2 is 2.11 bits per heavy atom. The second-order valence-electron chi connectivity index (χ2n) is 3.94. The Balaban J connectivity index is 3.00.